The molecule has 1 unspecified atom stereocenters. The molecule has 4 aromatic rings. The molecule has 0 saturated carbocycles. The van der Waals surface area contributed by atoms with Gasteiger partial charge >= 0.3 is 5.97 Å². The molecule has 0 saturated heterocycles. The molecule has 2 aromatic heterocycles. The summed E-state index contributed by atoms with van der Waals surface area (Å²) < 4.78 is 12.1. The van der Waals surface area contributed by atoms with Crippen molar-refractivity contribution in [3.63, 3.8) is 0 Å². The van der Waals surface area contributed by atoms with Gasteiger partial charge in [0, 0.05) is 16.5 Å². The quantitative estimate of drug-likeness (QED) is 0.405. The van der Waals surface area contributed by atoms with Crippen molar-refractivity contribution in [3.8, 4) is 17.1 Å². The fraction of sp³-hybridized carbons (Fsp3) is 0.250. The summed E-state index contributed by atoms with van der Waals surface area (Å²) in [7, 11) is 1.65. The van der Waals surface area contributed by atoms with Crippen LogP contribution in [0.4, 0.5) is 0 Å². The molecular weight excluding hydrogens is 444 g/mol. The molecule has 0 amide bonds. The normalized spacial score (nSPS) is 18.1. The van der Waals surface area contributed by atoms with Crippen LogP contribution in [0.5, 0.6) is 5.75 Å². The number of carbonyl (C=O) groups is 1. The van der Waals surface area contributed by atoms with E-state index in [1.165, 1.54) is 0 Å². The number of fused-ring (bicyclic) bond motifs is 5. The average Bonchev–Trinajstić information content (AvgIpc) is 3.24. The van der Waals surface area contributed by atoms with Crippen LogP contribution < -0.4 is 10.3 Å². The van der Waals surface area contributed by atoms with Crippen molar-refractivity contribution in [2.75, 3.05) is 7.11 Å². The average molecular weight is 469 g/mol. The van der Waals surface area contributed by atoms with Gasteiger partial charge in [-0.25, -0.2) is 9.78 Å². The molecule has 2 aliphatic rings. The van der Waals surface area contributed by atoms with Crippen molar-refractivity contribution >= 4 is 16.9 Å². The van der Waals surface area contributed by atoms with Gasteiger partial charge in [-0.1, -0.05) is 31.2 Å². The van der Waals surface area contributed by atoms with Gasteiger partial charge in [-0.2, -0.15) is 0 Å². The maximum atomic E-state index is 13.4. The lowest BCUT2D eigenvalue weighted by atomic mass is 9.86. The van der Waals surface area contributed by atoms with E-state index >= 15 is 0 Å². The largest absolute Gasteiger partial charge is 0.497 e. The molecule has 7 nitrogen and oxygen atoms in total. The van der Waals surface area contributed by atoms with Crippen LogP contribution in [-0.4, -0.2) is 27.7 Å². The van der Waals surface area contributed by atoms with Gasteiger partial charge in [0.05, 0.1) is 36.1 Å². The van der Waals surface area contributed by atoms with Crippen molar-refractivity contribution in [2.24, 2.45) is 0 Å². The number of ether oxygens (including phenoxy) is 2. The maximum Gasteiger partial charge on any atom is 0.343 e. The second-order valence-corrected chi connectivity index (χ2v) is 9.11. The van der Waals surface area contributed by atoms with Gasteiger partial charge in [-0.05, 0) is 54.3 Å². The maximum absolute atomic E-state index is 13.4. The minimum atomic E-state index is -1.83. The van der Waals surface area contributed by atoms with E-state index in [0.717, 1.165) is 39.8 Å². The minimum Gasteiger partial charge on any atom is -0.497 e. The minimum absolute atomic E-state index is 0.119. The summed E-state index contributed by atoms with van der Waals surface area (Å²) in [4.78, 5) is 30.7. The Balaban J connectivity index is 1.47. The first-order chi connectivity index (χ1) is 16.9. The predicted molar refractivity (Wildman–Crippen MR) is 130 cm³/mol. The first-order valence-electron chi connectivity index (χ1n) is 11.6. The van der Waals surface area contributed by atoms with E-state index in [2.05, 4.69) is 24.3 Å². The molecule has 2 aliphatic heterocycles. The van der Waals surface area contributed by atoms with E-state index in [-0.39, 0.29) is 18.6 Å². The topological polar surface area (TPSA) is 90.7 Å². The molecule has 2 aromatic carbocycles. The summed E-state index contributed by atoms with van der Waals surface area (Å²) in [5.74, 6) is 0.101. The Morgan fingerprint density at radius 1 is 1.14 bits per heavy atom. The van der Waals surface area contributed by atoms with Gasteiger partial charge in [0.2, 0.25) is 0 Å². The number of rotatable bonds is 4. The van der Waals surface area contributed by atoms with Crippen LogP contribution in [0.2, 0.25) is 0 Å². The lowest BCUT2D eigenvalue weighted by molar-refractivity contribution is -0.172. The first kappa shape index (κ1) is 21.6. The Morgan fingerprint density at radius 3 is 2.69 bits per heavy atom. The summed E-state index contributed by atoms with van der Waals surface area (Å²) in [5, 5.41) is 12.1. The monoisotopic (exact) mass is 468 g/mol. The van der Waals surface area contributed by atoms with Crippen molar-refractivity contribution in [3.05, 3.63) is 92.8 Å². The zero-order chi connectivity index (χ0) is 24.3. The van der Waals surface area contributed by atoms with E-state index in [0.29, 0.717) is 29.1 Å². The standard InChI is InChI=1S/C28H24N2O5/c1-3-28(33)22-13-24-25-18(14-30(24)26(31)21(22)15-35-27(28)32)12-20-17(5-4-6-23(20)29-25)11-16-7-9-19(34-2)10-8-16/h4-10,12-13,33H,3,11,14-15H2,1-2H3. The summed E-state index contributed by atoms with van der Waals surface area (Å²) >= 11 is 0. The van der Waals surface area contributed by atoms with Crippen LogP contribution in [0.25, 0.3) is 22.3 Å². The summed E-state index contributed by atoms with van der Waals surface area (Å²) in [6, 6.07) is 17.9. The number of cyclic esters (lactones) is 1. The number of carbonyl (C=O) groups excluding carboxylic acids is 1. The van der Waals surface area contributed by atoms with Gasteiger partial charge < -0.3 is 19.1 Å². The SMILES string of the molecule is CCC1(O)C(=O)OCc2c1cc1n(c2=O)Cc2cc3c(Cc4ccc(OC)cc4)cccc3nc2-1. The Labute approximate surface area is 201 Å². The predicted octanol–water partition coefficient (Wildman–Crippen LogP) is 3.68. The zero-order valence-corrected chi connectivity index (χ0v) is 19.5. The van der Waals surface area contributed by atoms with Crippen LogP contribution in [0.3, 0.4) is 0 Å². The van der Waals surface area contributed by atoms with E-state index in [4.69, 9.17) is 14.5 Å². The smallest absolute Gasteiger partial charge is 0.343 e. The lowest BCUT2D eigenvalue weighted by Gasteiger charge is -2.31. The number of aromatic nitrogens is 2. The molecule has 0 fully saturated rings. The number of nitrogens with zero attached hydrogens (tertiary/aromatic N) is 2. The number of aliphatic hydroxyl groups is 1. The van der Waals surface area contributed by atoms with E-state index in [1.807, 2.05) is 24.3 Å². The third kappa shape index (κ3) is 3.19. The number of pyridine rings is 2. The number of hydrogen-bond donors (Lipinski definition) is 1. The second kappa shape index (κ2) is 7.78. The molecule has 0 spiro atoms. The molecule has 4 heterocycles. The molecule has 0 radical (unpaired) electrons. The molecular formula is C28H24N2O5. The highest BCUT2D eigenvalue weighted by molar-refractivity contribution is 5.88. The number of hydrogen-bond acceptors (Lipinski definition) is 6. The van der Waals surface area contributed by atoms with Crippen LogP contribution in [0.1, 0.15) is 41.2 Å². The van der Waals surface area contributed by atoms with Gasteiger partial charge in [-0.15, -0.1) is 0 Å². The highest BCUT2D eigenvalue weighted by Gasteiger charge is 2.45. The van der Waals surface area contributed by atoms with Crippen LogP contribution in [-0.2, 0) is 34.7 Å². The lowest BCUT2D eigenvalue weighted by Crippen LogP contribution is -2.44. The van der Waals surface area contributed by atoms with Gasteiger partial charge in [0.25, 0.3) is 5.56 Å². The summed E-state index contributed by atoms with van der Waals surface area (Å²) in [5.41, 5.74) is 3.98. The Hall–Kier alpha value is -3.97. The first-order valence-corrected chi connectivity index (χ1v) is 11.6. The van der Waals surface area contributed by atoms with E-state index < -0.39 is 11.6 Å². The zero-order valence-electron chi connectivity index (χ0n) is 19.5. The Kier molecular flexibility index (Phi) is 4.79. The van der Waals surface area contributed by atoms with Gasteiger partial charge in [0.15, 0.2) is 5.60 Å². The third-order valence-corrected chi connectivity index (χ3v) is 7.20. The Morgan fingerprint density at radius 2 is 1.94 bits per heavy atom. The fourth-order valence-corrected chi connectivity index (χ4v) is 5.18. The molecule has 6 rings (SSSR count). The number of benzene rings is 2. The summed E-state index contributed by atoms with van der Waals surface area (Å²) in [6.45, 7) is 1.95. The van der Waals surface area contributed by atoms with E-state index in [9.17, 15) is 14.7 Å². The molecule has 1 atom stereocenters. The number of esters is 1. The molecule has 0 aliphatic carbocycles. The molecule has 7 heteroatoms. The molecule has 1 N–H and O–H groups in total. The van der Waals surface area contributed by atoms with Crippen molar-refractivity contribution in [1.29, 1.82) is 0 Å². The molecule has 0 bridgehead atoms. The third-order valence-electron chi connectivity index (χ3n) is 7.20. The van der Waals surface area contributed by atoms with Crippen molar-refractivity contribution < 1.29 is 19.4 Å². The molecule has 35 heavy (non-hydrogen) atoms. The van der Waals surface area contributed by atoms with Crippen LogP contribution >= 0.6 is 0 Å². The van der Waals surface area contributed by atoms with Gasteiger partial charge in [0.1, 0.15) is 12.4 Å². The number of methoxy groups -OCH3 is 1. The van der Waals surface area contributed by atoms with Crippen molar-refractivity contribution in [1.82, 2.24) is 9.55 Å². The second-order valence-electron chi connectivity index (χ2n) is 9.11. The highest BCUT2D eigenvalue weighted by Crippen LogP contribution is 2.39. The van der Waals surface area contributed by atoms with Gasteiger partial charge in [-0.3, -0.25) is 4.79 Å². The fourth-order valence-electron chi connectivity index (χ4n) is 5.18. The van der Waals surface area contributed by atoms with E-state index in [1.54, 1.807) is 24.7 Å². The van der Waals surface area contributed by atoms with Crippen LogP contribution in [0.15, 0.2) is 59.4 Å². The van der Waals surface area contributed by atoms with Crippen LogP contribution in [0, 0.1) is 0 Å². The highest BCUT2D eigenvalue weighted by atomic mass is 16.6. The van der Waals surface area contributed by atoms with Crippen molar-refractivity contribution in [2.45, 2.75) is 38.5 Å². The summed E-state index contributed by atoms with van der Waals surface area (Å²) in [6.07, 6.45) is 0.862. The molecule has 176 valence electrons. The Bertz CT molecular complexity index is 1570.